The molecule has 0 radical (unpaired) electrons. The Balaban J connectivity index is 1.83. The van der Waals surface area contributed by atoms with Gasteiger partial charge in [0.05, 0.1) is 13.9 Å². The van der Waals surface area contributed by atoms with Crippen LogP contribution in [0.25, 0.3) is 0 Å². The average Bonchev–Trinajstić information content (AvgIpc) is 2.93. The van der Waals surface area contributed by atoms with Crippen molar-refractivity contribution in [2.45, 2.75) is 24.0 Å². The second-order valence-corrected chi connectivity index (χ2v) is 8.50. The highest BCUT2D eigenvalue weighted by Crippen LogP contribution is 2.23. The van der Waals surface area contributed by atoms with E-state index in [4.69, 9.17) is 0 Å². The fourth-order valence-electron chi connectivity index (χ4n) is 1.59. The second-order valence-electron chi connectivity index (χ2n) is 4.62. The van der Waals surface area contributed by atoms with Crippen LogP contribution >= 0.6 is 39.0 Å². The Morgan fingerprint density at radius 1 is 1.14 bits per heavy atom. The molecule has 7 heteroatoms. The van der Waals surface area contributed by atoms with Gasteiger partial charge in [0.15, 0.2) is 0 Å². The Labute approximate surface area is 145 Å². The number of hydrazine groups is 1. The molecule has 1 atom stereocenters. The highest BCUT2D eigenvalue weighted by molar-refractivity contribution is 9.11. The number of rotatable bonds is 4. The SMILES string of the molecule is Cc1ccc(S[C@@H](C)C(=O)NNC(=O)c2ccc(Br)s2)cc1. The maximum Gasteiger partial charge on any atom is 0.279 e. The molecule has 116 valence electrons. The van der Waals surface area contributed by atoms with Crippen LogP contribution in [-0.2, 0) is 4.79 Å². The minimum Gasteiger partial charge on any atom is -0.272 e. The second kappa shape index (κ2) is 7.80. The number of halogens is 1. The molecule has 22 heavy (non-hydrogen) atoms. The number of thioether (sulfide) groups is 1. The van der Waals surface area contributed by atoms with Crippen LogP contribution in [0, 0.1) is 6.92 Å². The van der Waals surface area contributed by atoms with Crippen molar-refractivity contribution in [3.8, 4) is 0 Å². The van der Waals surface area contributed by atoms with Crippen molar-refractivity contribution in [3.05, 3.63) is 50.6 Å². The van der Waals surface area contributed by atoms with Crippen LogP contribution in [-0.4, -0.2) is 17.1 Å². The maximum absolute atomic E-state index is 12.0. The monoisotopic (exact) mass is 398 g/mol. The summed E-state index contributed by atoms with van der Waals surface area (Å²) in [6.45, 7) is 3.82. The van der Waals surface area contributed by atoms with Crippen molar-refractivity contribution in [3.63, 3.8) is 0 Å². The molecule has 0 spiro atoms. The third-order valence-electron chi connectivity index (χ3n) is 2.80. The van der Waals surface area contributed by atoms with E-state index in [2.05, 4.69) is 26.8 Å². The van der Waals surface area contributed by atoms with Crippen molar-refractivity contribution in [1.29, 1.82) is 0 Å². The molecule has 0 saturated heterocycles. The summed E-state index contributed by atoms with van der Waals surface area (Å²) in [6, 6.07) is 11.4. The molecule has 0 bridgehead atoms. The summed E-state index contributed by atoms with van der Waals surface area (Å²) in [5.74, 6) is -0.564. The lowest BCUT2D eigenvalue weighted by molar-refractivity contribution is -0.121. The molecule has 0 aliphatic rings. The summed E-state index contributed by atoms with van der Waals surface area (Å²) >= 11 is 6.05. The molecule has 4 nitrogen and oxygen atoms in total. The van der Waals surface area contributed by atoms with E-state index >= 15 is 0 Å². The van der Waals surface area contributed by atoms with Crippen LogP contribution in [0.5, 0.6) is 0 Å². The third kappa shape index (κ3) is 4.86. The molecule has 0 fully saturated rings. The van der Waals surface area contributed by atoms with Gasteiger partial charge in [-0.05, 0) is 54.0 Å². The molecule has 0 unspecified atom stereocenters. The van der Waals surface area contributed by atoms with Gasteiger partial charge in [0.2, 0.25) is 0 Å². The van der Waals surface area contributed by atoms with Crippen LogP contribution in [0.1, 0.15) is 22.2 Å². The van der Waals surface area contributed by atoms with Gasteiger partial charge in [-0.3, -0.25) is 20.4 Å². The molecule has 1 heterocycles. The summed E-state index contributed by atoms with van der Waals surface area (Å²) in [6.07, 6.45) is 0. The van der Waals surface area contributed by atoms with Gasteiger partial charge in [-0.2, -0.15) is 0 Å². The average molecular weight is 399 g/mol. The number of amides is 2. The predicted molar refractivity (Wildman–Crippen MR) is 94.1 cm³/mol. The van der Waals surface area contributed by atoms with Crippen LogP contribution < -0.4 is 10.9 Å². The molecule has 1 aromatic carbocycles. The van der Waals surface area contributed by atoms with Crippen LogP contribution in [0.3, 0.4) is 0 Å². The molecule has 2 aromatic rings. The van der Waals surface area contributed by atoms with Gasteiger partial charge in [0.1, 0.15) is 0 Å². The number of hydrogen-bond donors (Lipinski definition) is 2. The molecule has 2 N–H and O–H groups in total. The van der Waals surface area contributed by atoms with Gasteiger partial charge in [-0.15, -0.1) is 23.1 Å². The molecule has 0 saturated carbocycles. The standard InChI is InChI=1S/C15H15BrN2O2S2/c1-9-3-5-11(6-4-9)21-10(2)14(19)17-18-15(20)12-7-8-13(16)22-12/h3-8,10H,1-2H3,(H,17,19)(H,18,20)/t10-/m0/s1. The number of thiophene rings is 1. The van der Waals surface area contributed by atoms with Crippen molar-refractivity contribution < 1.29 is 9.59 Å². The minimum absolute atomic E-state index is 0.241. The summed E-state index contributed by atoms with van der Waals surface area (Å²) in [5, 5.41) is -0.307. The van der Waals surface area contributed by atoms with Crippen molar-refractivity contribution in [2.24, 2.45) is 0 Å². The largest absolute Gasteiger partial charge is 0.279 e. The van der Waals surface area contributed by atoms with Crippen LogP contribution in [0.15, 0.2) is 45.1 Å². The number of aryl methyl sites for hydroxylation is 1. The van der Waals surface area contributed by atoms with E-state index in [-0.39, 0.29) is 17.1 Å². The molecule has 1 aromatic heterocycles. The van der Waals surface area contributed by atoms with Gasteiger partial charge < -0.3 is 0 Å². The van der Waals surface area contributed by atoms with E-state index in [0.29, 0.717) is 4.88 Å². The first-order chi connectivity index (χ1) is 10.5. The van der Waals surface area contributed by atoms with E-state index in [9.17, 15) is 9.59 Å². The van der Waals surface area contributed by atoms with E-state index in [1.54, 1.807) is 19.1 Å². The number of nitrogens with one attached hydrogen (secondary N) is 2. The lowest BCUT2D eigenvalue weighted by Crippen LogP contribution is -2.44. The smallest absolute Gasteiger partial charge is 0.272 e. The topological polar surface area (TPSA) is 58.2 Å². The van der Waals surface area contributed by atoms with E-state index in [1.807, 2.05) is 31.2 Å². The first-order valence-electron chi connectivity index (χ1n) is 6.54. The number of carbonyl (C=O) groups excluding carboxylic acids is 2. The van der Waals surface area contributed by atoms with Gasteiger partial charge in [0, 0.05) is 4.90 Å². The van der Waals surface area contributed by atoms with Crippen molar-refractivity contribution in [1.82, 2.24) is 10.9 Å². The Hall–Kier alpha value is -1.31. The van der Waals surface area contributed by atoms with E-state index in [0.717, 1.165) is 8.68 Å². The minimum atomic E-state index is -0.323. The van der Waals surface area contributed by atoms with Crippen LogP contribution in [0.2, 0.25) is 0 Å². The van der Waals surface area contributed by atoms with Gasteiger partial charge >= 0.3 is 0 Å². The first-order valence-corrected chi connectivity index (χ1v) is 9.03. The maximum atomic E-state index is 12.0. The van der Waals surface area contributed by atoms with Gasteiger partial charge in [-0.25, -0.2) is 0 Å². The lowest BCUT2D eigenvalue weighted by Gasteiger charge is -2.12. The van der Waals surface area contributed by atoms with Crippen molar-refractivity contribution in [2.75, 3.05) is 0 Å². The predicted octanol–water partition coefficient (Wildman–Crippen LogP) is 3.76. The van der Waals surface area contributed by atoms with E-state index in [1.165, 1.54) is 28.7 Å². The highest BCUT2D eigenvalue weighted by atomic mass is 79.9. The quantitative estimate of drug-likeness (QED) is 0.608. The lowest BCUT2D eigenvalue weighted by atomic mass is 10.2. The number of hydrogen-bond acceptors (Lipinski definition) is 4. The molecule has 0 aliphatic heterocycles. The molecular weight excluding hydrogens is 384 g/mol. The molecular formula is C15H15BrN2O2S2. The fourth-order valence-corrected chi connectivity index (χ4v) is 3.74. The molecule has 2 amide bonds. The summed E-state index contributed by atoms with van der Waals surface area (Å²) < 4.78 is 0.868. The Morgan fingerprint density at radius 2 is 1.82 bits per heavy atom. The van der Waals surface area contributed by atoms with Gasteiger partial charge in [0.25, 0.3) is 11.8 Å². The van der Waals surface area contributed by atoms with Crippen LogP contribution in [0.4, 0.5) is 0 Å². The third-order valence-corrected chi connectivity index (χ3v) is 5.53. The Kier molecular flexibility index (Phi) is 6.05. The van der Waals surface area contributed by atoms with Crippen molar-refractivity contribution >= 4 is 50.8 Å². The van der Waals surface area contributed by atoms with E-state index < -0.39 is 0 Å². The highest BCUT2D eigenvalue weighted by Gasteiger charge is 2.16. The first kappa shape index (κ1) is 17.1. The number of carbonyl (C=O) groups is 2. The fraction of sp³-hybridized carbons (Fsp3) is 0.200. The molecule has 0 aliphatic carbocycles. The summed E-state index contributed by atoms with van der Waals surface area (Å²) in [5.41, 5.74) is 6.06. The summed E-state index contributed by atoms with van der Waals surface area (Å²) in [7, 11) is 0. The zero-order chi connectivity index (χ0) is 16.1. The van der Waals surface area contributed by atoms with Gasteiger partial charge in [-0.1, -0.05) is 17.7 Å². The Morgan fingerprint density at radius 3 is 2.41 bits per heavy atom. The number of benzene rings is 1. The zero-order valence-electron chi connectivity index (χ0n) is 12.1. The zero-order valence-corrected chi connectivity index (χ0v) is 15.3. The Bertz CT molecular complexity index is 670. The molecule has 2 rings (SSSR count). The normalized spacial score (nSPS) is 11.8. The summed E-state index contributed by atoms with van der Waals surface area (Å²) in [4.78, 5) is 25.4.